The third kappa shape index (κ3) is 4.37. The van der Waals surface area contributed by atoms with E-state index in [-0.39, 0.29) is 19.0 Å². The van der Waals surface area contributed by atoms with Crippen molar-refractivity contribution in [2.75, 3.05) is 13.1 Å². The van der Waals surface area contributed by atoms with Crippen LogP contribution in [0.3, 0.4) is 0 Å². The van der Waals surface area contributed by atoms with Gasteiger partial charge in [0.15, 0.2) is 5.50 Å². The van der Waals surface area contributed by atoms with Crippen molar-refractivity contribution in [2.45, 2.75) is 11.5 Å². The highest BCUT2D eigenvalue weighted by Crippen LogP contribution is 1.98. The van der Waals surface area contributed by atoms with Gasteiger partial charge in [-0.1, -0.05) is 0 Å². The molecule has 0 aromatic rings. The van der Waals surface area contributed by atoms with Crippen molar-refractivity contribution >= 4 is 28.3 Å². The minimum absolute atomic E-state index is 0.124. The fourth-order valence-corrected chi connectivity index (χ4v) is 1.85. The van der Waals surface area contributed by atoms with E-state index in [1.807, 2.05) is 5.32 Å². The number of rotatable bonds is 2. The minimum Gasteiger partial charge on any atom is -0.329 e. The minimum atomic E-state index is -4.13. The van der Waals surface area contributed by atoms with Crippen LogP contribution in [0.25, 0.3) is 0 Å². The first-order chi connectivity index (χ1) is 8.32. The standard InChI is InChI=1S/C4H8N2O4S.C3H4N2O2/c7-2-3-1-5-4(6-3)11(8,9)10;6-2-1-4-3(7)5-2/h2-6H,1H2,(H,8,9,10);1H2,(H2,4,5,6,7). The Bertz CT molecular complexity index is 435. The summed E-state index contributed by atoms with van der Waals surface area (Å²) in [4.78, 5) is 30.2. The fourth-order valence-electron chi connectivity index (χ4n) is 1.20. The fraction of sp³-hybridized carbons (Fsp3) is 0.571. The summed E-state index contributed by atoms with van der Waals surface area (Å²) in [6.45, 7) is 0.340. The number of aldehydes is 1. The largest absolute Gasteiger partial charge is 0.329 e. The van der Waals surface area contributed by atoms with Gasteiger partial charge in [-0.2, -0.15) is 8.42 Å². The van der Waals surface area contributed by atoms with Crippen molar-refractivity contribution in [3.8, 4) is 0 Å². The van der Waals surface area contributed by atoms with Crippen molar-refractivity contribution in [1.29, 1.82) is 0 Å². The Kier molecular flexibility index (Phi) is 4.72. The van der Waals surface area contributed by atoms with Gasteiger partial charge in [-0.25, -0.2) is 4.79 Å². The summed E-state index contributed by atoms with van der Waals surface area (Å²) >= 11 is 0. The van der Waals surface area contributed by atoms with Gasteiger partial charge in [-0.15, -0.1) is 0 Å². The number of amides is 3. The molecule has 2 fully saturated rings. The zero-order valence-corrected chi connectivity index (χ0v) is 9.86. The molecule has 10 nitrogen and oxygen atoms in total. The Morgan fingerprint density at radius 3 is 2.22 bits per heavy atom. The van der Waals surface area contributed by atoms with E-state index in [2.05, 4.69) is 16.0 Å². The van der Waals surface area contributed by atoms with Gasteiger partial charge < -0.3 is 10.1 Å². The summed E-state index contributed by atoms with van der Waals surface area (Å²) in [7, 11) is -4.13. The summed E-state index contributed by atoms with van der Waals surface area (Å²) in [5.74, 6) is -0.259. The van der Waals surface area contributed by atoms with Gasteiger partial charge in [0.2, 0.25) is 5.91 Å². The number of carbonyl (C=O) groups is 3. The Balaban J connectivity index is 0.000000199. The van der Waals surface area contributed by atoms with E-state index in [4.69, 9.17) is 4.55 Å². The molecule has 0 saturated carbocycles. The van der Waals surface area contributed by atoms with Gasteiger partial charge in [-0.05, 0) is 0 Å². The van der Waals surface area contributed by atoms with Crippen molar-refractivity contribution < 1.29 is 27.4 Å². The number of urea groups is 1. The van der Waals surface area contributed by atoms with Gasteiger partial charge in [0.25, 0.3) is 10.1 Å². The summed E-state index contributed by atoms with van der Waals surface area (Å²) in [5.41, 5.74) is -1.21. The van der Waals surface area contributed by atoms with Crippen molar-refractivity contribution in [3.05, 3.63) is 0 Å². The SMILES string of the molecule is O=C1CNC(=O)N1.O=CC1CNC(S(=O)(=O)O)N1. The smallest absolute Gasteiger partial charge is 0.321 e. The molecule has 2 atom stereocenters. The molecule has 3 amide bonds. The molecule has 2 aliphatic heterocycles. The first-order valence-corrected chi connectivity index (χ1v) is 6.32. The number of carbonyl (C=O) groups excluding carboxylic acids is 3. The second kappa shape index (κ2) is 5.86. The molecular formula is C7H12N4O6S. The van der Waals surface area contributed by atoms with E-state index < -0.39 is 27.7 Å². The molecule has 2 heterocycles. The highest BCUT2D eigenvalue weighted by Gasteiger charge is 2.31. The third-order valence-corrected chi connectivity index (χ3v) is 2.91. The number of nitrogens with one attached hydrogen (secondary N) is 4. The van der Waals surface area contributed by atoms with Crippen LogP contribution in [0.1, 0.15) is 0 Å². The third-order valence-electron chi connectivity index (χ3n) is 2.01. The van der Waals surface area contributed by atoms with Gasteiger partial charge in [0.1, 0.15) is 6.29 Å². The average Bonchev–Trinajstić information content (AvgIpc) is 2.87. The molecule has 0 spiro atoms. The van der Waals surface area contributed by atoms with Crippen LogP contribution in [0.15, 0.2) is 0 Å². The van der Waals surface area contributed by atoms with Crippen LogP contribution in [0.4, 0.5) is 4.79 Å². The molecule has 2 saturated heterocycles. The van der Waals surface area contributed by atoms with Crippen LogP contribution in [-0.2, 0) is 19.7 Å². The summed E-state index contributed by atoms with van der Waals surface area (Å²) in [5, 5.41) is 9.08. The molecule has 102 valence electrons. The monoisotopic (exact) mass is 280 g/mol. The first-order valence-electron chi connectivity index (χ1n) is 4.81. The van der Waals surface area contributed by atoms with Crippen molar-refractivity contribution in [2.24, 2.45) is 0 Å². The summed E-state index contributed by atoms with van der Waals surface area (Å²) < 4.78 is 29.3. The average molecular weight is 280 g/mol. The lowest BCUT2D eigenvalue weighted by molar-refractivity contribution is -0.117. The molecule has 0 bridgehead atoms. The van der Waals surface area contributed by atoms with Crippen LogP contribution < -0.4 is 21.3 Å². The summed E-state index contributed by atoms with van der Waals surface area (Å²) in [6, 6.07) is -0.938. The Morgan fingerprint density at radius 2 is 2.00 bits per heavy atom. The van der Waals surface area contributed by atoms with E-state index in [0.29, 0.717) is 6.29 Å². The number of imide groups is 1. The second-order valence-electron chi connectivity index (χ2n) is 3.44. The topological polar surface area (TPSA) is 154 Å². The van der Waals surface area contributed by atoms with E-state index in [0.717, 1.165) is 0 Å². The Morgan fingerprint density at radius 1 is 1.33 bits per heavy atom. The van der Waals surface area contributed by atoms with Crippen LogP contribution in [-0.4, -0.2) is 55.8 Å². The Labute approximate surface area is 102 Å². The van der Waals surface area contributed by atoms with E-state index in [1.54, 1.807) is 0 Å². The highest BCUT2D eigenvalue weighted by atomic mass is 32.2. The lowest BCUT2D eigenvalue weighted by Gasteiger charge is -2.05. The lowest BCUT2D eigenvalue weighted by atomic mass is 10.4. The zero-order valence-electron chi connectivity index (χ0n) is 9.04. The first kappa shape index (κ1) is 14.5. The van der Waals surface area contributed by atoms with Crippen LogP contribution in [0, 0.1) is 0 Å². The molecule has 11 heteroatoms. The second-order valence-corrected chi connectivity index (χ2v) is 4.94. The van der Waals surface area contributed by atoms with Gasteiger partial charge in [0.05, 0.1) is 12.6 Å². The predicted octanol–water partition coefficient (Wildman–Crippen LogP) is -3.26. The predicted molar refractivity (Wildman–Crippen MR) is 57.9 cm³/mol. The van der Waals surface area contributed by atoms with Crippen LogP contribution in [0.5, 0.6) is 0 Å². The maximum Gasteiger partial charge on any atom is 0.321 e. The van der Waals surface area contributed by atoms with Crippen molar-refractivity contribution in [1.82, 2.24) is 21.3 Å². The van der Waals surface area contributed by atoms with Crippen LogP contribution >= 0.6 is 0 Å². The molecule has 0 aromatic heterocycles. The molecule has 0 aliphatic carbocycles. The van der Waals surface area contributed by atoms with Gasteiger partial charge >= 0.3 is 6.03 Å². The van der Waals surface area contributed by atoms with Crippen LogP contribution in [0.2, 0.25) is 0 Å². The normalized spacial score (nSPS) is 26.9. The zero-order chi connectivity index (χ0) is 13.8. The molecule has 2 unspecified atom stereocenters. The molecule has 18 heavy (non-hydrogen) atoms. The Hall–Kier alpha value is -1.56. The number of hydrogen-bond acceptors (Lipinski definition) is 7. The maximum absolute atomic E-state index is 10.4. The van der Waals surface area contributed by atoms with Gasteiger partial charge in [-0.3, -0.25) is 25.3 Å². The molecule has 5 N–H and O–H groups in total. The molecule has 2 aliphatic rings. The highest BCUT2D eigenvalue weighted by molar-refractivity contribution is 7.86. The lowest BCUT2D eigenvalue weighted by Crippen LogP contribution is -2.40. The number of hydrogen-bond donors (Lipinski definition) is 5. The molecular weight excluding hydrogens is 268 g/mol. The maximum atomic E-state index is 10.4. The molecule has 0 aromatic carbocycles. The van der Waals surface area contributed by atoms with E-state index >= 15 is 0 Å². The quantitative estimate of drug-likeness (QED) is 0.201. The van der Waals surface area contributed by atoms with Crippen molar-refractivity contribution in [3.63, 3.8) is 0 Å². The molecule has 0 radical (unpaired) electrons. The van der Waals surface area contributed by atoms with Gasteiger partial charge in [0, 0.05) is 6.54 Å². The van der Waals surface area contributed by atoms with E-state index in [1.165, 1.54) is 0 Å². The molecule has 2 rings (SSSR count). The summed E-state index contributed by atoms with van der Waals surface area (Å²) in [6.07, 6.45) is 0.582. The van der Waals surface area contributed by atoms with E-state index in [9.17, 15) is 22.8 Å².